The highest BCUT2D eigenvalue weighted by molar-refractivity contribution is 4.73. The van der Waals surface area contributed by atoms with E-state index in [2.05, 4.69) is 0 Å². The summed E-state index contributed by atoms with van der Waals surface area (Å²) in [6, 6.07) is 0. The maximum atomic E-state index is 12.7. The molecule has 2 heteroatoms. The minimum Gasteiger partial charge on any atom is -0.396 e. The maximum Gasteiger partial charge on any atom is 0.105 e. The van der Waals surface area contributed by atoms with E-state index < -0.39 is 6.17 Å². The number of aliphatic hydroxyl groups excluding tert-OH is 1. The fourth-order valence-corrected chi connectivity index (χ4v) is 1.37. The Morgan fingerprint density at radius 1 is 1.33 bits per heavy atom. The van der Waals surface area contributed by atoms with E-state index in [0.717, 1.165) is 19.3 Å². The molecule has 0 unspecified atom stereocenters. The molecule has 0 saturated heterocycles. The van der Waals surface area contributed by atoms with Crippen LogP contribution in [0.1, 0.15) is 25.7 Å². The van der Waals surface area contributed by atoms with Crippen LogP contribution in [0.5, 0.6) is 0 Å². The first-order valence-electron chi connectivity index (χ1n) is 3.59. The number of hydrogen-bond donors (Lipinski definition) is 1. The van der Waals surface area contributed by atoms with Crippen molar-refractivity contribution in [1.82, 2.24) is 0 Å². The molecule has 0 spiro atoms. The van der Waals surface area contributed by atoms with Crippen LogP contribution in [0.2, 0.25) is 0 Å². The van der Waals surface area contributed by atoms with Gasteiger partial charge in [-0.25, -0.2) is 4.39 Å². The molecule has 1 saturated carbocycles. The molecule has 0 amide bonds. The Balaban J connectivity index is 2.30. The lowest BCUT2D eigenvalue weighted by molar-refractivity contribution is 0.101. The van der Waals surface area contributed by atoms with Crippen LogP contribution in [-0.2, 0) is 0 Å². The van der Waals surface area contributed by atoms with Gasteiger partial charge in [-0.1, -0.05) is 12.8 Å². The number of alkyl halides is 1. The number of hydrogen-bond acceptors (Lipinski definition) is 1. The van der Waals surface area contributed by atoms with Crippen molar-refractivity contribution < 1.29 is 9.50 Å². The van der Waals surface area contributed by atoms with Gasteiger partial charge in [0.05, 0.1) is 0 Å². The van der Waals surface area contributed by atoms with Crippen LogP contribution in [0, 0.1) is 5.92 Å². The predicted octanol–water partition coefficient (Wildman–Crippen LogP) is 1.51. The number of aliphatic hydroxyl groups is 1. The van der Waals surface area contributed by atoms with Crippen LogP contribution < -0.4 is 0 Å². The summed E-state index contributed by atoms with van der Waals surface area (Å²) in [7, 11) is 0. The van der Waals surface area contributed by atoms with Gasteiger partial charge >= 0.3 is 0 Å². The van der Waals surface area contributed by atoms with Gasteiger partial charge in [-0.15, -0.1) is 0 Å². The van der Waals surface area contributed by atoms with Crippen molar-refractivity contribution in [2.24, 2.45) is 5.92 Å². The maximum absolute atomic E-state index is 12.7. The SMILES string of the molecule is OC[C@@H]1CCCC[C@@H]1F. The van der Waals surface area contributed by atoms with Crippen LogP contribution in [0.25, 0.3) is 0 Å². The second kappa shape index (κ2) is 3.16. The highest BCUT2D eigenvalue weighted by Crippen LogP contribution is 2.25. The van der Waals surface area contributed by atoms with Crippen molar-refractivity contribution >= 4 is 0 Å². The zero-order valence-electron chi connectivity index (χ0n) is 5.52. The summed E-state index contributed by atoms with van der Waals surface area (Å²) in [5, 5.41) is 8.62. The average molecular weight is 132 g/mol. The smallest absolute Gasteiger partial charge is 0.105 e. The van der Waals surface area contributed by atoms with Gasteiger partial charge in [0.25, 0.3) is 0 Å². The molecule has 0 aromatic heterocycles. The van der Waals surface area contributed by atoms with Gasteiger partial charge in [0.1, 0.15) is 6.17 Å². The van der Waals surface area contributed by atoms with E-state index in [4.69, 9.17) is 5.11 Å². The summed E-state index contributed by atoms with van der Waals surface area (Å²) >= 11 is 0. The van der Waals surface area contributed by atoms with E-state index in [-0.39, 0.29) is 12.5 Å². The predicted molar refractivity (Wildman–Crippen MR) is 33.9 cm³/mol. The third kappa shape index (κ3) is 1.65. The van der Waals surface area contributed by atoms with E-state index in [1.165, 1.54) is 0 Å². The molecule has 0 aliphatic heterocycles. The lowest BCUT2D eigenvalue weighted by Gasteiger charge is -2.23. The molecule has 1 N–H and O–H groups in total. The summed E-state index contributed by atoms with van der Waals surface area (Å²) in [6.45, 7) is 0.0289. The van der Waals surface area contributed by atoms with Gasteiger partial charge in [-0.05, 0) is 12.8 Å². The summed E-state index contributed by atoms with van der Waals surface area (Å²) in [5.74, 6) is -0.0567. The molecular formula is C7H13FO. The normalized spacial score (nSPS) is 36.7. The summed E-state index contributed by atoms with van der Waals surface area (Å²) < 4.78 is 12.7. The molecule has 1 rings (SSSR count). The fourth-order valence-electron chi connectivity index (χ4n) is 1.37. The molecule has 0 aromatic rings. The van der Waals surface area contributed by atoms with Gasteiger partial charge in [0, 0.05) is 12.5 Å². The van der Waals surface area contributed by atoms with Crippen molar-refractivity contribution in [2.75, 3.05) is 6.61 Å². The minimum atomic E-state index is -0.733. The van der Waals surface area contributed by atoms with Crippen molar-refractivity contribution in [2.45, 2.75) is 31.9 Å². The first-order valence-corrected chi connectivity index (χ1v) is 3.59. The molecule has 1 aliphatic carbocycles. The molecule has 2 atom stereocenters. The second-order valence-corrected chi connectivity index (χ2v) is 2.74. The van der Waals surface area contributed by atoms with Crippen LogP contribution in [0.4, 0.5) is 4.39 Å². The van der Waals surface area contributed by atoms with E-state index in [9.17, 15) is 4.39 Å². The highest BCUT2D eigenvalue weighted by atomic mass is 19.1. The number of rotatable bonds is 1. The largest absolute Gasteiger partial charge is 0.396 e. The fraction of sp³-hybridized carbons (Fsp3) is 1.00. The van der Waals surface area contributed by atoms with Gasteiger partial charge in [-0.3, -0.25) is 0 Å². The van der Waals surface area contributed by atoms with Crippen molar-refractivity contribution in [3.05, 3.63) is 0 Å². The van der Waals surface area contributed by atoms with Gasteiger partial charge in [0.2, 0.25) is 0 Å². The first kappa shape index (κ1) is 7.00. The van der Waals surface area contributed by atoms with E-state index >= 15 is 0 Å². The van der Waals surface area contributed by atoms with E-state index in [1.807, 2.05) is 0 Å². The van der Waals surface area contributed by atoms with E-state index in [0.29, 0.717) is 6.42 Å². The van der Waals surface area contributed by atoms with Crippen molar-refractivity contribution in [1.29, 1.82) is 0 Å². The van der Waals surface area contributed by atoms with Crippen LogP contribution in [-0.4, -0.2) is 17.9 Å². The van der Waals surface area contributed by atoms with Crippen molar-refractivity contribution in [3.63, 3.8) is 0 Å². The summed E-state index contributed by atoms with van der Waals surface area (Å²) in [5.41, 5.74) is 0. The lowest BCUT2D eigenvalue weighted by atomic mass is 9.88. The quantitative estimate of drug-likeness (QED) is 0.573. The summed E-state index contributed by atoms with van der Waals surface area (Å²) in [6.07, 6.45) is 2.88. The van der Waals surface area contributed by atoms with Gasteiger partial charge in [0.15, 0.2) is 0 Å². The molecule has 54 valence electrons. The molecule has 0 radical (unpaired) electrons. The molecule has 0 aromatic carbocycles. The topological polar surface area (TPSA) is 20.2 Å². The molecule has 1 nitrogen and oxygen atoms in total. The van der Waals surface area contributed by atoms with Crippen LogP contribution in [0.3, 0.4) is 0 Å². The van der Waals surface area contributed by atoms with E-state index in [1.54, 1.807) is 0 Å². The molecule has 9 heavy (non-hydrogen) atoms. The Morgan fingerprint density at radius 3 is 2.44 bits per heavy atom. The zero-order valence-corrected chi connectivity index (χ0v) is 5.52. The molecule has 0 bridgehead atoms. The highest BCUT2D eigenvalue weighted by Gasteiger charge is 2.23. The molecule has 1 fully saturated rings. The van der Waals surface area contributed by atoms with Gasteiger partial charge in [-0.2, -0.15) is 0 Å². The molecule has 1 aliphatic rings. The first-order chi connectivity index (χ1) is 4.34. The van der Waals surface area contributed by atoms with Crippen LogP contribution >= 0.6 is 0 Å². The Morgan fingerprint density at radius 2 is 2.00 bits per heavy atom. The van der Waals surface area contributed by atoms with Crippen molar-refractivity contribution in [3.8, 4) is 0 Å². The Kier molecular flexibility index (Phi) is 2.46. The monoisotopic (exact) mass is 132 g/mol. The third-order valence-corrected chi connectivity index (χ3v) is 2.05. The Hall–Kier alpha value is -0.110. The molecular weight excluding hydrogens is 119 g/mol. The molecule has 0 heterocycles. The lowest BCUT2D eigenvalue weighted by Crippen LogP contribution is -2.23. The average Bonchev–Trinajstić information content (AvgIpc) is 1.89. The zero-order chi connectivity index (χ0) is 6.69. The van der Waals surface area contributed by atoms with Crippen LogP contribution in [0.15, 0.2) is 0 Å². The third-order valence-electron chi connectivity index (χ3n) is 2.05. The van der Waals surface area contributed by atoms with Gasteiger partial charge < -0.3 is 5.11 Å². The Labute approximate surface area is 54.9 Å². The standard InChI is InChI=1S/C7H13FO/c8-7-4-2-1-3-6(7)5-9/h6-7,9H,1-5H2/t6-,7-/m0/s1. The second-order valence-electron chi connectivity index (χ2n) is 2.74. The summed E-state index contributed by atoms with van der Waals surface area (Å²) in [4.78, 5) is 0. The minimum absolute atomic E-state index is 0.0289. The number of halogens is 1. The Bertz CT molecular complexity index is 85.0.